The summed E-state index contributed by atoms with van der Waals surface area (Å²) in [6.07, 6.45) is 0. The first-order chi connectivity index (χ1) is 13.7. The van der Waals surface area contributed by atoms with Gasteiger partial charge in [0.2, 0.25) is 11.8 Å². The second-order valence-electron chi connectivity index (χ2n) is 6.57. The highest BCUT2D eigenvalue weighted by Crippen LogP contribution is 2.22. The van der Waals surface area contributed by atoms with E-state index in [1.165, 1.54) is 30.6 Å². The van der Waals surface area contributed by atoms with E-state index in [1.54, 1.807) is 42.9 Å². The Morgan fingerprint density at radius 1 is 1.17 bits per heavy atom. The van der Waals surface area contributed by atoms with Crippen molar-refractivity contribution >= 4 is 57.9 Å². The standard InChI is InChI=1S/C18H20N6O4S/c1-10(25)19-11-6-5-7-12(8-11)20-13(26)9-29-17-21-14-15(22(17)2)23(3)18(28)24(4)16(14)27/h5-8,14H,9H2,1-4H3,(H-,19,20,25,26)/p+1. The van der Waals surface area contributed by atoms with Gasteiger partial charge in [-0.15, -0.1) is 4.99 Å². The molecule has 5 amide bonds. The maximum Gasteiger partial charge on any atom is 0.388 e. The Morgan fingerprint density at radius 2 is 1.83 bits per heavy atom. The van der Waals surface area contributed by atoms with Gasteiger partial charge in [0, 0.05) is 25.3 Å². The highest BCUT2D eigenvalue weighted by atomic mass is 32.2. The highest BCUT2D eigenvalue weighted by molar-refractivity contribution is 8.14. The van der Waals surface area contributed by atoms with Gasteiger partial charge < -0.3 is 10.6 Å². The van der Waals surface area contributed by atoms with Crippen molar-refractivity contribution in [3.05, 3.63) is 24.3 Å². The quantitative estimate of drug-likeness (QED) is 0.697. The molecule has 1 aromatic rings. The summed E-state index contributed by atoms with van der Waals surface area (Å²) in [4.78, 5) is 54.8. The number of benzene rings is 1. The molecule has 152 valence electrons. The molecule has 2 heterocycles. The number of hydrogen-bond donors (Lipinski definition) is 2. The van der Waals surface area contributed by atoms with Crippen molar-refractivity contribution in [2.75, 3.05) is 37.5 Å². The summed E-state index contributed by atoms with van der Waals surface area (Å²) < 4.78 is 1.66. The molecule has 0 aliphatic carbocycles. The summed E-state index contributed by atoms with van der Waals surface area (Å²) >= 11 is 1.17. The second-order valence-corrected chi connectivity index (χ2v) is 7.51. The summed E-state index contributed by atoms with van der Waals surface area (Å²) in [5.41, 5.74) is 1.13. The van der Waals surface area contributed by atoms with Crippen molar-refractivity contribution in [1.29, 1.82) is 0 Å². The molecular weight excluding hydrogens is 396 g/mol. The Hall–Kier alpha value is -3.21. The number of carbonyl (C=O) groups is 4. The van der Waals surface area contributed by atoms with Crippen LogP contribution in [0.3, 0.4) is 0 Å². The highest BCUT2D eigenvalue weighted by Gasteiger charge is 2.51. The zero-order chi connectivity index (χ0) is 21.3. The minimum absolute atomic E-state index is 0.0647. The van der Waals surface area contributed by atoms with Gasteiger partial charge in [0.1, 0.15) is 0 Å². The third-order valence-electron chi connectivity index (χ3n) is 4.40. The Labute approximate surface area is 171 Å². The largest absolute Gasteiger partial charge is 0.388 e. The lowest BCUT2D eigenvalue weighted by molar-refractivity contribution is -0.367. The summed E-state index contributed by atoms with van der Waals surface area (Å²) in [7, 11) is 4.71. The van der Waals surface area contributed by atoms with Crippen LogP contribution in [0.4, 0.5) is 16.2 Å². The fourth-order valence-electron chi connectivity index (χ4n) is 3.05. The molecule has 0 radical (unpaired) electrons. The van der Waals surface area contributed by atoms with E-state index in [9.17, 15) is 19.2 Å². The topological polar surface area (TPSA) is 114 Å². The number of rotatable bonds is 4. The van der Waals surface area contributed by atoms with Gasteiger partial charge in [0.25, 0.3) is 23.0 Å². The zero-order valence-corrected chi connectivity index (χ0v) is 17.2. The van der Waals surface area contributed by atoms with Crippen LogP contribution < -0.4 is 10.6 Å². The molecule has 0 bridgehead atoms. The average molecular weight is 417 g/mol. The van der Waals surface area contributed by atoms with Gasteiger partial charge in [-0.05, 0) is 30.0 Å². The van der Waals surface area contributed by atoms with Gasteiger partial charge in [-0.25, -0.2) is 14.3 Å². The molecular formula is C18H21N6O4S+. The molecule has 1 saturated heterocycles. The van der Waals surface area contributed by atoms with Gasteiger partial charge in [-0.3, -0.25) is 19.3 Å². The van der Waals surface area contributed by atoms with Crippen molar-refractivity contribution in [2.45, 2.75) is 13.0 Å². The lowest BCUT2D eigenvalue weighted by Gasteiger charge is -2.27. The molecule has 29 heavy (non-hydrogen) atoms. The van der Waals surface area contributed by atoms with Gasteiger partial charge in [0.05, 0.1) is 19.8 Å². The number of hydrogen-bond acceptors (Lipinski definition) is 6. The first-order valence-corrected chi connectivity index (χ1v) is 9.71. The van der Waals surface area contributed by atoms with Crippen LogP contribution in [-0.2, 0) is 14.4 Å². The molecule has 1 unspecified atom stereocenters. The normalized spacial score (nSPS) is 18.6. The minimum Gasteiger partial charge on any atom is -0.326 e. The maximum absolute atomic E-state index is 12.3. The molecule has 1 fully saturated rings. The van der Waals surface area contributed by atoms with E-state index in [2.05, 4.69) is 15.6 Å². The van der Waals surface area contributed by atoms with Crippen LogP contribution in [-0.4, -0.2) is 82.1 Å². The van der Waals surface area contributed by atoms with Gasteiger partial charge >= 0.3 is 6.03 Å². The number of fused-ring (bicyclic) bond motifs is 1. The first kappa shape index (κ1) is 20.5. The van der Waals surface area contributed by atoms with Crippen molar-refractivity contribution in [1.82, 2.24) is 9.80 Å². The fraction of sp³-hybridized carbons (Fsp3) is 0.333. The predicted octanol–water partition coefficient (Wildman–Crippen LogP) is 0.619. The van der Waals surface area contributed by atoms with Gasteiger partial charge in [-0.2, -0.15) is 0 Å². The summed E-state index contributed by atoms with van der Waals surface area (Å²) in [6, 6.07) is 5.60. The van der Waals surface area contributed by atoms with Crippen molar-refractivity contribution < 1.29 is 23.8 Å². The van der Waals surface area contributed by atoms with E-state index in [1.807, 2.05) is 0 Å². The second kappa shape index (κ2) is 8.03. The van der Waals surface area contributed by atoms with Crippen LogP contribution in [0.15, 0.2) is 29.3 Å². The number of amidine groups is 2. The van der Waals surface area contributed by atoms with Gasteiger partial charge in [-0.1, -0.05) is 6.07 Å². The van der Waals surface area contributed by atoms with Crippen molar-refractivity contribution in [3.63, 3.8) is 0 Å². The number of imide groups is 1. The summed E-state index contributed by atoms with van der Waals surface area (Å²) in [5, 5.41) is 5.89. The van der Waals surface area contributed by atoms with E-state index >= 15 is 0 Å². The van der Waals surface area contributed by atoms with Gasteiger partial charge in [0.15, 0.2) is 0 Å². The number of carbonyl (C=O) groups excluding carboxylic acids is 4. The molecule has 0 saturated carbocycles. The van der Waals surface area contributed by atoms with Crippen LogP contribution in [0.25, 0.3) is 0 Å². The molecule has 2 aliphatic rings. The number of nitrogens with zero attached hydrogens (tertiary/aromatic N) is 4. The van der Waals surface area contributed by atoms with E-state index in [0.29, 0.717) is 22.4 Å². The third-order valence-corrected chi connectivity index (χ3v) is 5.44. The number of aliphatic imine (C=N–C) groups is 1. The summed E-state index contributed by atoms with van der Waals surface area (Å²) in [6.45, 7) is 1.41. The predicted molar refractivity (Wildman–Crippen MR) is 110 cm³/mol. The number of likely N-dealkylation sites (N-methyl/N-ethyl adjacent to an activating group) is 2. The molecule has 11 heteroatoms. The SMILES string of the molecule is CC(=O)Nc1cccc(NC(=O)CSC2=NC3C(=O)N(C)C(=O)N(C)C3=[N+]2C)c1. The Bertz CT molecular complexity index is 973. The molecule has 0 aromatic heterocycles. The third kappa shape index (κ3) is 4.14. The molecule has 1 atom stereocenters. The number of urea groups is 1. The van der Waals surface area contributed by atoms with E-state index in [-0.39, 0.29) is 17.6 Å². The Kier molecular flexibility index (Phi) is 5.69. The average Bonchev–Trinajstić information content (AvgIpc) is 2.99. The molecule has 10 nitrogen and oxygen atoms in total. The Morgan fingerprint density at radius 3 is 2.48 bits per heavy atom. The fourth-order valence-corrected chi connectivity index (χ4v) is 3.85. The van der Waals surface area contributed by atoms with E-state index in [4.69, 9.17) is 0 Å². The maximum atomic E-state index is 12.3. The van der Waals surface area contributed by atoms with Crippen LogP contribution in [0, 0.1) is 0 Å². The molecule has 3 rings (SSSR count). The molecule has 0 spiro atoms. The number of thioether (sulfide) groups is 1. The smallest absolute Gasteiger partial charge is 0.326 e. The van der Waals surface area contributed by atoms with Crippen LogP contribution in [0.2, 0.25) is 0 Å². The molecule has 2 aliphatic heterocycles. The summed E-state index contributed by atoms with van der Waals surface area (Å²) in [5.74, 6) is -0.323. The van der Waals surface area contributed by atoms with E-state index < -0.39 is 18.0 Å². The van der Waals surface area contributed by atoms with Crippen molar-refractivity contribution in [2.24, 2.45) is 4.99 Å². The van der Waals surface area contributed by atoms with Crippen LogP contribution >= 0.6 is 11.8 Å². The monoisotopic (exact) mass is 417 g/mol. The van der Waals surface area contributed by atoms with Crippen molar-refractivity contribution in [3.8, 4) is 0 Å². The number of amides is 5. The Balaban J connectivity index is 1.65. The lowest BCUT2D eigenvalue weighted by atomic mass is 10.2. The lowest BCUT2D eigenvalue weighted by Crippen LogP contribution is -2.59. The number of nitrogens with one attached hydrogen (secondary N) is 2. The molecule has 2 N–H and O–H groups in total. The molecule has 1 aromatic carbocycles. The van der Waals surface area contributed by atoms with Crippen LogP contribution in [0.1, 0.15) is 6.92 Å². The zero-order valence-electron chi connectivity index (χ0n) is 16.4. The minimum atomic E-state index is -0.785. The number of anilines is 2. The van der Waals surface area contributed by atoms with E-state index in [0.717, 1.165) is 4.90 Å². The first-order valence-electron chi connectivity index (χ1n) is 8.73. The van der Waals surface area contributed by atoms with Crippen LogP contribution in [0.5, 0.6) is 0 Å².